The number of aryl methyl sites for hydroxylation is 1. The summed E-state index contributed by atoms with van der Waals surface area (Å²) in [4.78, 5) is 34.9. The summed E-state index contributed by atoms with van der Waals surface area (Å²) < 4.78 is 29.7. The molecule has 0 unspecified atom stereocenters. The third-order valence-corrected chi connectivity index (χ3v) is 4.95. The van der Waals surface area contributed by atoms with Crippen LogP contribution < -0.4 is 10.1 Å². The molecule has 0 radical (unpaired) electrons. The Morgan fingerprint density at radius 2 is 2.17 bits per heavy atom. The van der Waals surface area contributed by atoms with Gasteiger partial charge >= 0.3 is 0 Å². The first-order chi connectivity index (χ1) is 13.9. The first-order valence-corrected chi connectivity index (χ1v) is 9.37. The summed E-state index contributed by atoms with van der Waals surface area (Å²) in [6.07, 6.45) is 2.12. The van der Waals surface area contributed by atoms with E-state index in [1.807, 2.05) is 0 Å². The van der Waals surface area contributed by atoms with Gasteiger partial charge in [0.15, 0.2) is 0 Å². The number of nitrogens with zero attached hydrogens (tertiary/aromatic N) is 3. The Morgan fingerprint density at radius 3 is 2.86 bits per heavy atom. The summed E-state index contributed by atoms with van der Waals surface area (Å²) in [5.74, 6) is 0.531. The molecule has 2 amide bonds. The van der Waals surface area contributed by atoms with E-state index >= 15 is 0 Å². The summed E-state index contributed by atoms with van der Waals surface area (Å²) in [5.41, 5.74) is 2.49. The summed E-state index contributed by atoms with van der Waals surface area (Å²) >= 11 is 0. The predicted octanol–water partition coefficient (Wildman–Crippen LogP) is 2.93. The second-order valence-corrected chi connectivity index (χ2v) is 7.25. The van der Waals surface area contributed by atoms with Crippen LogP contribution in [0.15, 0.2) is 24.5 Å². The Hall–Kier alpha value is -3.10. The van der Waals surface area contributed by atoms with Crippen LogP contribution in [0.25, 0.3) is 0 Å². The summed E-state index contributed by atoms with van der Waals surface area (Å²) in [6, 6.07) is 3.36. The lowest BCUT2D eigenvalue weighted by Crippen LogP contribution is -2.24. The van der Waals surface area contributed by atoms with Gasteiger partial charge in [-0.15, -0.1) is 0 Å². The fourth-order valence-electron chi connectivity index (χ4n) is 3.27. The topological polar surface area (TPSA) is 84.4 Å². The molecular formula is C20H20F2N4O3. The number of rotatable bonds is 7. The number of anilines is 1. The zero-order valence-corrected chi connectivity index (χ0v) is 15.8. The van der Waals surface area contributed by atoms with Gasteiger partial charge in [0.05, 0.1) is 25.0 Å². The minimum absolute atomic E-state index is 0.0406. The molecule has 1 aliphatic heterocycles. The molecule has 1 fully saturated rings. The van der Waals surface area contributed by atoms with Crippen molar-refractivity contribution >= 4 is 17.6 Å². The second kappa shape index (κ2) is 7.73. The maximum absolute atomic E-state index is 12.8. The first kappa shape index (κ1) is 19.2. The number of carbonyl (C=O) groups excluding carboxylic acids is 2. The van der Waals surface area contributed by atoms with Crippen LogP contribution in [0.3, 0.4) is 0 Å². The van der Waals surface area contributed by atoms with E-state index in [9.17, 15) is 18.4 Å². The largest absolute Gasteiger partial charge is 0.486 e. The number of hydrogen-bond donors (Lipinski definition) is 1. The van der Waals surface area contributed by atoms with Gasteiger partial charge in [0.1, 0.15) is 18.2 Å². The van der Waals surface area contributed by atoms with Crippen LogP contribution in [0.5, 0.6) is 5.75 Å². The number of nitrogens with one attached hydrogen (secondary N) is 1. The van der Waals surface area contributed by atoms with Crippen molar-refractivity contribution < 1.29 is 23.1 Å². The Labute approximate surface area is 166 Å². The first-order valence-electron chi connectivity index (χ1n) is 9.37. The Bertz CT molecular complexity index is 963. The summed E-state index contributed by atoms with van der Waals surface area (Å²) in [7, 11) is 0. The number of ether oxygens (including phenoxy) is 1. The van der Waals surface area contributed by atoms with Crippen LogP contribution in [0.2, 0.25) is 0 Å². The molecule has 9 heteroatoms. The van der Waals surface area contributed by atoms with Crippen LogP contribution in [-0.2, 0) is 17.9 Å². The van der Waals surface area contributed by atoms with Gasteiger partial charge in [0.25, 0.3) is 12.3 Å². The van der Waals surface area contributed by atoms with E-state index in [-0.39, 0.29) is 24.3 Å². The monoisotopic (exact) mass is 402 g/mol. The average molecular weight is 402 g/mol. The van der Waals surface area contributed by atoms with Crippen molar-refractivity contribution in [3.8, 4) is 5.75 Å². The minimum Gasteiger partial charge on any atom is -0.486 e. The standard InChI is InChI=1S/C20H20F2N4O3/c1-11-6-13(24-7-16(11)29-10-17(21)22)8-26-9-15-14(20(26)28)4-5-23-18(15)25-19(27)12-2-3-12/h4-7,12,17H,2-3,8-10H2,1H3,(H,23,25,27). The number of hydrogen-bond acceptors (Lipinski definition) is 5. The van der Waals surface area contributed by atoms with E-state index in [4.69, 9.17) is 4.74 Å². The van der Waals surface area contributed by atoms with Crippen LogP contribution in [0.1, 0.15) is 40.0 Å². The van der Waals surface area contributed by atoms with E-state index in [0.29, 0.717) is 40.5 Å². The van der Waals surface area contributed by atoms with E-state index in [0.717, 1.165) is 12.8 Å². The molecule has 0 aromatic carbocycles. The molecule has 29 heavy (non-hydrogen) atoms. The molecule has 1 saturated carbocycles. The molecule has 2 aromatic rings. The van der Waals surface area contributed by atoms with E-state index < -0.39 is 13.0 Å². The molecule has 0 bridgehead atoms. The summed E-state index contributed by atoms with van der Waals surface area (Å²) in [5, 5.41) is 2.83. The normalized spacial score (nSPS) is 15.6. The van der Waals surface area contributed by atoms with Gasteiger partial charge in [-0.1, -0.05) is 0 Å². The lowest BCUT2D eigenvalue weighted by atomic mass is 10.1. The van der Waals surface area contributed by atoms with Crippen LogP contribution in [-0.4, -0.2) is 39.7 Å². The Morgan fingerprint density at radius 1 is 1.38 bits per heavy atom. The highest BCUT2D eigenvalue weighted by Crippen LogP contribution is 2.33. The lowest BCUT2D eigenvalue weighted by Gasteiger charge is -2.16. The third kappa shape index (κ3) is 4.18. The van der Waals surface area contributed by atoms with Gasteiger partial charge in [0, 0.05) is 23.2 Å². The van der Waals surface area contributed by atoms with Gasteiger partial charge in [0.2, 0.25) is 5.91 Å². The molecule has 3 heterocycles. The Kier molecular flexibility index (Phi) is 5.12. The van der Waals surface area contributed by atoms with E-state index in [1.54, 1.807) is 24.0 Å². The quantitative estimate of drug-likeness (QED) is 0.770. The molecule has 0 atom stereocenters. The predicted molar refractivity (Wildman–Crippen MR) is 99.6 cm³/mol. The number of aromatic nitrogens is 2. The maximum atomic E-state index is 12.8. The van der Waals surface area contributed by atoms with Crippen molar-refractivity contribution in [2.45, 2.75) is 39.3 Å². The SMILES string of the molecule is Cc1cc(CN2Cc3c(ccnc3NC(=O)C3CC3)C2=O)ncc1OCC(F)F. The van der Waals surface area contributed by atoms with Gasteiger partial charge in [-0.05, 0) is 37.5 Å². The second-order valence-electron chi connectivity index (χ2n) is 7.25. The number of pyridine rings is 2. The zero-order valence-electron chi connectivity index (χ0n) is 15.8. The fraction of sp³-hybridized carbons (Fsp3) is 0.400. The molecular weight excluding hydrogens is 382 g/mol. The van der Waals surface area contributed by atoms with Crippen LogP contribution >= 0.6 is 0 Å². The molecule has 1 aliphatic carbocycles. The lowest BCUT2D eigenvalue weighted by molar-refractivity contribution is -0.117. The molecule has 7 nitrogen and oxygen atoms in total. The van der Waals surface area contributed by atoms with E-state index in [1.165, 1.54) is 12.4 Å². The molecule has 4 rings (SSSR count). The highest BCUT2D eigenvalue weighted by atomic mass is 19.3. The maximum Gasteiger partial charge on any atom is 0.272 e. The number of fused-ring (bicyclic) bond motifs is 1. The number of alkyl halides is 2. The third-order valence-electron chi connectivity index (χ3n) is 4.95. The van der Waals surface area contributed by atoms with Crippen LogP contribution in [0.4, 0.5) is 14.6 Å². The molecule has 0 spiro atoms. The highest BCUT2D eigenvalue weighted by molar-refractivity contribution is 6.01. The molecule has 0 saturated heterocycles. The van der Waals surface area contributed by atoms with Gasteiger partial charge in [-0.25, -0.2) is 13.8 Å². The van der Waals surface area contributed by atoms with Crippen molar-refractivity contribution in [3.05, 3.63) is 46.9 Å². The molecule has 2 aromatic heterocycles. The fourth-order valence-corrected chi connectivity index (χ4v) is 3.27. The van der Waals surface area contributed by atoms with Gasteiger partial charge < -0.3 is 15.0 Å². The Balaban J connectivity index is 1.47. The number of carbonyl (C=O) groups is 2. The van der Waals surface area contributed by atoms with Gasteiger partial charge in [-0.3, -0.25) is 14.6 Å². The van der Waals surface area contributed by atoms with Gasteiger partial charge in [-0.2, -0.15) is 0 Å². The zero-order chi connectivity index (χ0) is 20.5. The van der Waals surface area contributed by atoms with Crippen molar-refractivity contribution in [1.82, 2.24) is 14.9 Å². The smallest absolute Gasteiger partial charge is 0.272 e. The van der Waals surface area contributed by atoms with E-state index in [2.05, 4.69) is 15.3 Å². The van der Waals surface area contributed by atoms with Crippen molar-refractivity contribution in [1.29, 1.82) is 0 Å². The molecule has 2 aliphatic rings. The molecule has 1 N–H and O–H groups in total. The minimum atomic E-state index is -2.56. The van der Waals surface area contributed by atoms with Crippen molar-refractivity contribution in [3.63, 3.8) is 0 Å². The summed E-state index contributed by atoms with van der Waals surface area (Å²) in [6.45, 7) is 1.61. The number of amides is 2. The number of halogens is 2. The van der Waals surface area contributed by atoms with Crippen molar-refractivity contribution in [2.24, 2.45) is 5.92 Å². The van der Waals surface area contributed by atoms with Crippen molar-refractivity contribution in [2.75, 3.05) is 11.9 Å². The average Bonchev–Trinajstić information content (AvgIpc) is 3.48. The van der Waals surface area contributed by atoms with Crippen LogP contribution in [0, 0.1) is 12.8 Å². The highest BCUT2D eigenvalue weighted by Gasteiger charge is 2.34. The molecule has 152 valence electrons.